The molecule has 0 fully saturated rings. The van der Waals surface area contributed by atoms with Gasteiger partial charge in [-0.3, -0.25) is 0 Å². The normalized spacial score (nSPS) is 11.9. The molecule has 0 N–H and O–H groups in total. The van der Waals surface area contributed by atoms with Gasteiger partial charge in [-0.25, -0.2) is 4.79 Å². The van der Waals surface area contributed by atoms with E-state index in [1.54, 1.807) is 0 Å². The number of rotatable bonds is 26. The van der Waals surface area contributed by atoms with Gasteiger partial charge in [-0.1, -0.05) is 172 Å². The van der Waals surface area contributed by atoms with Gasteiger partial charge in [0.2, 0.25) is 0 Å². The van der Waals surface area contributed by atoms with Crippen LogP contribution in [0, 0.1) is 0 Å². The lowest BCUT2D eigenvalue weighted by Gasteiger charge is -2.14. The molecule has 0 saturated carbocycles. The lowest BCUT2D eigenvalue weighted by Crippen LogP contribution is -2.09. The summed E-state index contributed by atoms with van der Waals surface area (Å²) in [4.78, 5) is 12.8. The van der Waals surface area contributed by atoms with Crippen LogP contribution in [0.2, 0.25) is 0 Å². The van der Waals surface area contributed by atoms with Crippen molar-refractivity contribution in [1.82, 2.24) is 0 Å². The van der Waals surface area contributed by atoms with E-state index in [1.165, 1.54) is 127 Å². The predicted octanol–water partition coefficient (Wildman–Crippen LogP) is 13.6. The van der Waals surface area contributed by atoms with Gasteiger partial charge < -0.3 is 9.47 Å². The molecule has 0 aromatic heterocycles. The van der Waals surface area contributed by atoms with E-state index < -0.39 is 0 Å². The number of hydrogen-bond donors (Lipinski definition) is 0. The van der Waals surface area contributed by atoms with Crippen LogP contribution >= 0.6 is 0 Å². The van der Waals surface area contributed by atoms with Crippen molar-refractivity contribution in [3.8, 4) is 16.9 Å². The Kier molecular flexibility index (Phi) is 19.9. The minimum absolute atomic E-state index is 0.00869. The summed E-state index contributed by atoms with van der Waals surface area (Å²) in [7, 11) is 0. The molecule has 0 saturated heterocycles. The third kappa shape index (κ3) is 16.2. The highest BCUT2D eigenvalue weighted by Crippen LogP contribution is 2.25. The first kappa shape index (κ1) is 38.5. The average Bonchev–Trinajstić information content (AvgIpc) is 3.10. The molecular formula is C44H64O3. The number of esters is 1. The van der Waals surface area contributed by atoms with Crippen LogP contribution < -0.4 is 4.74 Å². The van der Waals surface area contributed by atoms with E-state index in [-0.39, 0.29) is 12.1 Å². The third-order valence-corrected chi connectivity index (χ3v) is 9.40. The summed E-state index contributed by atoms with van der Waals surface area (Å²) in [6, 6.07) is 24.1. The van der Waals surface area contributed by atoms with Crippen molar-refractivity contribution in [1.29, 1.82) is 0 Å². The monoisotopic (exact) mass is 640 g/mol. The molecule has 3 aromatic rings. The second kappa shape index (κ2) is 24.3. The van der Waals surface area contributed by atoms with Gasteiger partial charge in [-0.15, -0.1) is 0 Å². The summed E-state index contributed by atoms with van der Waals surface area (Å²) in [5, 5.41) is 0. The van der Waals surface area contributed by atoms with E-state index in [9.17, 15) is 4.79 Å². The highest BCUT2D eigenvalue weighted by atomic mass is 16.5. The highest BCUT2D eigenvalue weighted by molar-refractivity contribution is 5.91. The Morgan fingerprint density at radius 3 is 1.47 bits per heavy atom. The molecule has 0 bridgehead atoms. The van der Waals surface area contributed by atoms with E-state index in [2.05, 4.69) is 45.0 Å². The van der Waals surface area contributed by atoms with Crippen molar-refractivity contribution in [2.24, 2.45) is 0 Å². The molecule has 1 unspecified atom stereocenters. The maximum atomic E-state index is 12.8. The Morgan fingerprint density at radius 1 is 0.532 bits per heavy atom. The SMILES string of the molecule is CCCCCCCCCCCCCCCCCCCOC(C)c1ccc(C(=O)Oc2ccc(-c3ccc(CCCC)cc3)cc2)cc1. The summed E-state index contributed by atoms with van der Waals surface area (Å²) in [6.07, 6.45) is 27.0. The zero-order chi connectivity index (χ0) is 33.4. The minimum atomic E-state index is -0.346. The highest BCUT2D eigenvalue weighted by Gasteiger charge is 2.11. The number of aryl methyl sites for hydroxylation is 1. The van der Waals surface area contributed by atoms with Gasteiger partial charge in [-0.05, 0) is 72.7 Å². The van der Waals surface area contributed by atoms with E-state index in [4.69, 9.17) is 9.47 Å². The molecule has 0 amide bonds. The van der Waals surface area contributed by atoms with Crippen molar-refractivity contribution < 1.29 is 14.3 Å². The molecule has 3 heteroatoms. The van der Waals surface area contributed by atoms with Gasteiger partial charge in [0.15, 0.2) is 0 Å². The number of carbonyl (C=O) groups excluding carboxylic acids is 1. The summed E-state index contributed by atoms with van der Waals surface area (Å²) in [5.74, 6) is 0.204. The van der Waals surface area contributed by atoms with Crippen molar-refractivity contribution in [2.45, 2.75) is 155 Å². The molecule has 47 heavy (non-hydrogen) atoms. The van der Waals surface area contributed by atoms with Gasteiger partial charge in [0, 0.05) is 6.61 Å². The Balaban J connectivity index is 1.21. The summed E-state index contributed by atoms with van der Waals surface area (Å²) < 4.78 is 11.8. The fraction of sp³-hybridized carbons (Fsp3) is 0.568. The standard InChI is InChI=1S/C44H64O3/c1-4-6-8-9-10-11-12-13-14-15-16-17-18-19-20-21-22-36-46-37(3)39-28-30-42(31-29-39)44(45)47-43-34-32-41(33-35-43)40-26-24-38(25-27-40)23-7-5-2/h24-35,37H,4-23,36H2,1-3H3. The second-order valence-corrected chi connectivity index (χ2v) is 13.5. The molecule has 0 heterocycles. The molecular weight excluding hydrogens is 576 g/mol. The van der Waals surface area contributed by atoms with Gasteiger partial charge in [0.25, 0.3) is 0 Å². The average molecular weight is 641 g/mol. The number of unbranched alkanes of at least 4 members (excludes halogenated alkanes) is 17. The van der Waals surface area contributed by atoms with E-state index >= 15 is 0 Å². The number of hydrogen-bond acceptors (Lipinski definition) is 3. The largest absolute Gasteiger partial charge is 0.423 e. The van der Waals surface area contributed by atoms with Crippen LogP contribution in [0.4, 0.5) is 0 Å². The fourth-order valence-corrected chi connectivity index (χ4v) is 6.20. The molecule has 0 spiro atoms. The molecule has 1 atom stereocenters. The third-order valence-electron chi connectivity index (χ3n) is 9.40. The molecule has 0 aliphatic carbocycles. The minimum Gasteiger partial charge on any atom is -0.423 e. The van der Waals surface area contributed by atoms with Crippen molar-refractivity contribution in [3.63, 3.8) is 0 Å². The van der Waals surface area contributed by atoms with Crippen LogP contribution in [-0.2, 0) is 11.2 Å². The molecule has 258 valence electrons. The van der Waals surface area contributed by atoms with Crippen LogP contribution in [0.3, 0.4) is 0 Å². The van der Waals surface area contributed by atoms with Gasteiger partial charge in [-0.2, -0.15) is 0 Å². The van der Waals surface area contributed by atoms with Crippen LogP contribution in [0.25, 0.3) is 11.1 Å². The van der Waals surface area contributed by atoms with Crippen molar-refractivity contribution in [3.05, 3.63) is 89.5 Å². The van der Waals surface area contributed by atoms with Crippen LogP contribution in [0.1, 0.15) is 170 Å². The molecule has 0 aliphatic heterocycles. The molecule has 0 radical (unpaired) electrons. The predicted molar refractivity (Wildman–Crippen MR) is 200 cm³/mol. The van der Waals surface area contributed by atoms with Gasteiger partial charge in [0.1, 0.15) is 5.75 Å². The van der Waals surface area contributed by atoms with E-state index in [0.717, 1.165) is 30.6 Å². The smallest absolute Gasteiger partial charge is 0.343 e. The first-order chi connectivity index (χ1) is 23.1. The lowest BCUT2D eigenvalue weighted by atomic mass is 10.0. The summed E-state index contributed by atoms with van der Waals surface area (Å²) in [6.45, 7) is 7.37. The topological polar surface area (TPSA) is 35.5 Å². The van der Waals surface area contributed by atoms with Gasteiger partial charge >= 0.3 is 5.97 Å². The first-order valence-electron chi connectivity index (χ1n) is 19.2. The second-order valence-electron chi connectivity index (χ2n) is 13.5. The maximum Gasteiger partial charge on any atom is 0.343 e. The molecule has 3 aromatic carbocycles. The first-order valence-corrected chi connectivity index (χ1v) is 19.2. The lowest BCUT2D eigenvalue weighted by molar-refractivity contribution is 0.0626. The molecule has 3 rings (SSSR count). The zero-order valence-corrected chi connectivity index (χ0v) is 30.1. The number of benzene rings is 3. The van der Waals surface area contributed by atoms with E-state index in [0.29, 0.717) is 11.3 Å². The number of ether oxygens (including phenoxy) is 2. The Bertz CT molecular complexity index is 1200. The van der Waals surface area contributed by atoms with Crippen LogP contribution in [-0.4, -0.2) is 12.6 Å². The maximum absolute atomic E-state index is 12.8. The van der Waals surface area contributed by atoms with E-state index in [1.807, 2.05) is 48.5 Å². The van der Waals surface area contributed by atoms with Crippen molar-refractivity contribution >= 4 is 5.97 Å². The van der Waals surface area contributed by atoms with Crippen molar-refractivity contribution in [2.75, 3.05) is 6.61 Å². The Morgan fingerprint density at radius 2 is 0.979 bits per heavy atom. The Hall–Kier alpha value is -2.91. The Labute approximate surface area is 287 Å². The number of carbonyl (C=O) groups is 1. The van der Waals surface area contributed by atoms with Crippen LogP contribution in [0.15, 0.2) is 72.8 Å². The van der Waals surface area contributed by atoms with Gasteiger partial charge in [0.05, 0.1) is 11.7 Å². The summed E-state index contributed by atoms with van der Waals surface area (Å²) in [5.41, 5.74) is 5.28. The fourth-order valence-electron chi connectivity index (χ4n) is 6.20. The van der Waals surface area contributed by atoms with Crippen LogP contribution in [0.5, 0.6) is 5.75 Å². The zero-order valence-electron chi connectivity index (χ0n) is 30.1. The molecule has 0 aliphatic rings. The summed E-state index contributed by atoms with van der Waals surface area (Å²) >= 11 is 0. The quantitative estimate of drug-likeness (QED) is 0.0497. The molecule has 3 nitrogen and oxygen atoms in total.